The second-order valence-corrected chi connectivity index (χ2v) is 6.98. The second kappa shape index (κ2) is 8.89. The summed E-state index contributed by atoms with van der Waals surface area (Å²) in [7, 11) is 3.31. The van der Waals surface area contributed by atoms with Crippen molar-refractivity contribution in [1.29, 1.82) is 0 Å². The number of para-hydroxylation sites is 1. The Kier molecular flexibility index (Phi) is 6.32. The van der Waals surface area contributed by atoms with Gasteiger partial charge in [-0.3, -0.25) is 4.79 Å². The van der Waals surface area contributed by atoms with Crippen LogP contribution in [0.15, 0.2) is 42.5 Å². The fourth-order valence-corrected chi connectivity index (χ4v) is 3.70. The molecule has 0 unspecified atom stereocenters. The van der Waals surface area contributed by atoms with Gasteiger partial charge in [-0.1, -0.05) is 24.3 Å². The Morgan fingerprint density at radius 3 is 2.41 bits per heavy atom. The molecule has 0 aliphatic carbocycles. The molecule has 0 radical (unpaired) electrons. The van der Waals surface area contributed by atoms with Crippen LogP contribution < -0.4 is 9.47 Å². The van der Waals surface area contributed by atoms with E-state index < -0.39 is 0 Å². The molecule has 1 heterocycles. The molecule has 4 nitrogen and oxygen atoms in total. The number of piperidine rings is 1. The number of benzene rings is 2. The molecule has 5 heteroatoms. The fraction of sp³-hybridized carbons (Fsp3) is 0.409. The Balaban J connectivity index is 1.54. The molecule has 0 spiro atoms. The van der Waals surface area contributed by atoms with Crippen LogP contribution in [0.1, 0.15) is 24.0 Å². The normalized spacial score (nSPS) is 14.9. The Morgan fingerprint density at radius 1 is 1.07 bits per heavy atom. The molecule has 2 aromatic carbocycles. The molecule has 3 rings (SSSR count). The predicted octanol–water partition coefficient (Wildman–Crippen LogP) is 3.87. The van der Waals surface area contributed by atoms with E-state index in [-0.39, 0.29) is 11.7 Å². The quantitative estimate of drug-likeness (QED) is 0.774. The van der Waals surface area contributed by atoms with Crippen LogP contribution in [0, 0.1) is 11.7 Å². The van der Waals surface area contributed by atoms with Crippen molar-refractivity contribution in [1.82, 2.24) is 4.90 Å². The van der Waals surface area contributed by atoms with Crippen molar-refractivity contribution in [3.05, 3.63) is 59.4 Å². The average molecular weight is 371 g/mol. The number of halogens is 1. The SMILES string of the molecule is COc1cccc(CC2CCN(C(=O)Cc3ccc(F)cc3)CC2)c1OC. The summed E-state index contributed by atoms with van der Waals surface area (Å²) in [5.74, 6) is 1.90. The lowest BCUT2D eigenvalue weighted by atomic mass is 9.89. The third-order valence-corrected chi connectivity index (χ3v) is 5.23. The van der Waals surface area contributed by atoms with Crippen molar-refractivity contribution in [2.75, 3.05) is 27.3 Å². The molecule has 27 heavy (non-hydrogen) atoms. The molecule has 0 bridgehead atoms. The van der Waals surface area contributed by atoms with Crippen molar-refractivity contribution < 1.29 is 18.7 Å². The number of likely N-dealkylation sites (tertiary alicyclic amines) is 1. The Hall–Kier alpha value is -2.56. The van der Waals surface area contributed by atoms with Crippen molar-refractivity contribution in [3.8, 4) is 11.5 Å². The minimum Gasteiger partial charge on any atom is -0.493 e. The van der Waals surface area contributed by atoms with Crippen LogP contribution in [-0.2, 0) is 17.6 Å². The lowest BCUT2D eigenvalue weighted by Gasteiger charge is -2.32. The summed E-state index contributed by atoms with van der Waals surface area (Å²) in [6, 6.07) is 12.1. The zero-order valence-corrected chi connectivity index (χ0v) is 15.9. The van der Waals surface area contributed by atoms with E-state index in [2.05, 4.69) is 6.07 Å². The van der Waals surface area contributed by atoms with Gasteiger partial charge in [0.25, 0.3) is 0 Å². The minimum absolute atomic E-state index is 0.110. The van der Waals surface area contributed by atoms with Gasteiger partial charge in [0.05, 0.1) is 20.6 Å². The van der Waals surface area contributed by atoms with Gasteiger partial charge in [-0.05, 0) is 54.5 Å². The van der Waals surface area contributed by atoms with Gasteiger partial charge < -0.3 is 14.4 Å². The van der Waals surface area contributed by atoms with Crippen molar-refractivity contribution in [2.24, 2.45) is 5.92 Å². The highest BCUT2D eigenvalue weighted by Gasteiger charge is 2.24. The van der Waals surface area contributed by atoms with E-state index in [1.54, 1.807) is 26.4 Å². The van der Waals surface area contributed by atoms with E-state index in [4.69, 9.17) is 9.47 Å². The van der Waals surface area contributed by atoms with Gasteiger partial charge >= 0.3 is 0 Å². The number of hydrogen-bond acceptors (Lipinski definition) is 3. The second-order valence-electron chi connectivity index (χ2n) is 6.98. The minimum atomic E-state index is -0.278. The predicted molar refractivity (Wildman–Crippen MR) is 103 cm³/mol. The fourth-order valence-electron chi connectivity index (χ4n) is 3.70. The number of carbonyl (C=O) groups excluding carboxylic acids is 1. The first kappa shape index (κ1) is 19.2. The van der Waals surface area contributed by atoms with Gasteiger partial charge in [0.15, 0.2) is 11.5 Å². The first-order valence-electron chi connectivity index (χ1n) is 9.32. The molecule has 1 aliphatic rings. The number of nitrogens with zero attached hydrogens (tertiary/aromatic N) is 1. The molecule has 0 N–H and O–H groups in total. The van der Waals surface area contributed by atoms with Crippen LogP contribution in [0.4, 0.5) is 4.39 Å². The molecular formula is C22H26FNO3. The van der Waals surface area contributed by atoms with Crippen LogP contribution in [0.5, 0.6) is 11.5 Å². The van der Waals surface area contributed by atoms with Crippen molar-refractivity contribution >= 4 is 5.91 Å². The summed E-state index contributed by atoms with van der Waals surface area (Å²) in [5, 5.41) is 0. The topological polar surface area (TPSA) is 38.8 Å². The summed E-state index contributed by atoms with van der Waals surface area (Å²) >= 11 is 0. The molecule has 1 aliphatic heterocycles. The maximum atomic E-state index is 13.0. The van der Waals surface area contributed by atoms with Crippen LogP contribution in [0.25, 0.3) is 0 Å². The van der Waals surface area contributed by atoms with Gasteiger partial charge in [-0.25, -0.2) is 4.39 Å². The Labute approximate surface area is 159 Å². The van der Waals surface area contributed by atoms with Gasteiger partial charge in [-0.2, -0.15) is 0 Å². The van der Waals surface area contributed by atoms with Crippen LogP contribution in [0.3, 0.4) is 0 Å². The molecule has 1 saturated heterocycles. The number of carbonyl (C=O) groups is 1. The van der Waals surface area contributed by atoms with Gasteiger partial charge in [0.1, 0.15) is 5.82 Å². The van der Waals surface area contributed by atoms with E-state index in [1.165, 1.54) is 12.1 Å². The number of ether oxygens (including phenoxy) is 2. The van der Waals surface area contributed by atoms with Gasteiger partial charge in [0.2, 0.25) is 5.91 Å². The van der Waals surface area contributed by atoms with E-state index in [1.807, 2.05) is 17.0 Å². The standard InChI is InChI=1S/C22H26FNO3/c1-26-20-5-3-4-18(22(20)27-2)14-17-10-12-24(13-11-17)21(25)15-16-6-8-19(23)9-7-16/h3-9,17H,10-15H2,1-2H3. The summed E-state index contributed by atoms with van der Waals surface area (Å²) < 4.78 is 23.9. The number of hydrogen-bond donors (Lipinski definition) is 0. The molecule has 144 valence electrons. The van der Waals surface area contributed by atoms with E-state index in [9.17, 15) is 9.18 Å². The molecule has 1 amide bonds. The molecule has 0 aromatic heterocycles. The average Bonchev–Trinajstić information content (AvgIpc) is 2.70. The molecule has 0 saturated carbocycles. The largest absolute Gasteiger partial charge is 0.493 e. The lowest BCUT2D eigenvalue weighted by molar-refractivity contribution is -0.131. The third kappa shape index (κ3) is 4.79. The first-order chi connectivity index (χ1) is 13.1. The van der Waals surface area contributed by atoms with Crippen molar-refractivity contribution in [3.63, 3.8) is 0 Å². The summed E-state index contributed by atoms with van der Waals surface area (Å²) in [6.45, 7) is 1.52. The zero-order valence-electron chi connectivity index (χ0n) is 15.9. The highest BCUT2D eigenvalue weighted by atomic mass is 19.1. The Morgan fingerprint density at radius 2 is 1.78 bits per heavy atom. The molecular weight excluding hydrogens is 345 g/mol. The Bertz CT molecular complexity index is 768. The maximum absolute atomic E-state index is 13.0. The van der Waals surface area contributed by atoms with Crippen LogP contribution in [0.2, 0.25) is 0 Å². The van der Waals surface area contributed by atoms with E-state index in [0.717, 1.165) is 55.0 Å². The lowest BCUT2D eigenvalue weighted by Crippen LogP contribution is -2.39. The highest BCUT2D eigenvalue weighted by Crippen LogP contribution is 2.34. The summed E-state index contributed by atoms with van der Waals surface area (Å²) in [5.41, 5.74) is 2.00. The zero-order chi connectivity index (χ0) is 19.2. The van der Waals surface area contributed by atoms with Crippen LogP contribution >= 0.6 is 0 Å². The maximum Gasteiger partial charge on any atom is 0.226 e. The van der Waals surface area contributed by atoms with E-state index >= 15 is 0 Å². The summed E-state index contributed by atoms with van der Waals surface area (Å²) in [6.07, 6.45) is 3.18. The smallest absolute Gasteiger partial charge is 0.226 e. The van der Waals surface area contributed by atoms with Crippen LogP contribution in [-0.4, -0.2) is 38.1 Å². The third-order valence-electron chi connectivity index (χ3n) is 5.23. The highest BCUT2D eigenvalue weighted by molar-refractivity contribution is 5.78. The van der Waals surface area contributed by atoms with Gasteiger partial charge in [0, 0.05) is 13.1 Å². The summed E-state index contributed by atoms with van der Waals surface area (Å²) in [4.78, 5) is 14.4. The number of amides is 1. The number of rotatable bonds is 6. The van der Waals surface area contributed by atoms with Gasteiger partial charge in [-0.15, -0.1) is 0 Å². The van der Waals surface area contributed by atoms with E-state index in [0.29, 0.717) is 12.3 Å². The first-order valence-corrected chi connectivity index (χ1v) is 9.32. The molecule has 0 atom stereocenters. The molecule has 2 aromatic rings. The monoisotopic (exact) mass is 371 g/mol. The number of methoxy groups -OCH3 is 2. The molecule has 1 fully saturated rings. The van der Waals surface area contributed by atoms with Crippen molar-refractivity contribution in [2.45, 2.75) is 25.7 Å².